The predicted molar refractivity (Wildman–Crippen MR) is 58.6 cm³/mol. The fourth-order valence-electron chi connectivity index (χ4n) is 1.09. The highest BCUT2D eigenvalue weighted by Gasteiger charge is 2.09. The van der Waals surface area contributed by atoms with Crippen LogP contribution in [0.3, 0.4) is 0 Å². The van der Waals surface area contributed by atoms with Gasteiger partial charge < -0.3 is 15.8 Å². The Hall–Kier alpha value is -2.15. The van der Waals surface area contributed by atoms with Gasteiger partial charge in [-0.05, 0) is 18.2 Å². The van der Waals surface area contributed by atoms with Crippen molar-refractivity contribution >= 4 is 11.6 Å². The van der Waals surface area contributed by atoms with Gasteiger partial charge in [0.2, 0.25) is 0 Å². The lowest BCUT2D eigenvalue weighted by Gasteiger charge is -2.07. The van der Waals surface area contributed by atoms with Gasteiger partial charge >= 0.3 is 0 Å². The normalized spacial score (nSPS) is 9.07. The van der Waals surface area contributed by atoms with E-state index < -0.39 is 0 Å². The van der Waals surface area contributed by atoms with Gasteiger partial charge in [0.1, 0.15) is 5.75 Å². The summed E-state index contributed by atoms with van der Waals surface area (Å²) in [6, 6.07) is 4.87. The number of nitrogen functional groups attached to an aromatic ring is 1. The van der Waals surface area contributed by atoms with Crippen LogP contribution in [-0.2, 0) is 0 Å². The Morgan fingerprint density at radius 1 is 1.67 bits per heavy atom. The Morgan fingerprint density at radius 2 is 2.40 bits per heavy atom. The van der Waals surface area contributed by atoms with Crippen molar-refractivity contribution in [1.29, 1.82) is 0 Å². The van der Waals surface area contributed by atoms with Crippen LogP contribution < -0.4 is 15.8 Å². The molecule has 4 heteroatoms. The van der Waals surface area contributed by atoms with Crippen LogP contribution in [0.5, 0.6) is 5.75 Å². The quantitative estimate of drug-likeness (QED) is 0.561. The van der Waals surface area contributed by atoms with Gasteiger partial charge in [-0.3, -0.25) is 4.79 Å². The molecule has 1 aromatic carbocycles. The molecule has 0 unspecified atom stereocenters. The van der Waals surface area contributed by atoms with Crippen molar-refractivity contribution in [2.75, 3.05) is 19.4 Å². The van der Waals surface area contributed by atoms with Crippen LogP contribution >= 0.6 is 0 Å². The first-order valence-electron chi connectivity index (χ1n) is 4.34. The topological polar surface area (TPSA) is 64.3 Å². The van der Waals surface area contributed by atoms with Crippen molar-refractivity contribution in [3.63, 3.8) is 0 Å². The molecule has 0 bridgehead atoms. The van der Waals surface area contributed by atoms with Crippen molar-refractivity contribution in [2.24, 2.45) is 0 Å². The standard InChI is InChI=1S/C11H12N2O2/c1-3-6-13-11(14)9-7-8(15-2)4-5-10(9)12/h1,4-5,7H,6,12H2,2H3,(H,13,14). The van der Waals surface area contributed by atoms with Crippen molar-refractivity contribution in [2.45, 2.75) is 0 Å². The molecule has 0 heterocycles. The van der Waals surface area contributed by atoms with E-state index in [-0.39, 0.29) is 12.5 Å². The molecule has 3 N–H and O–H groups in total. The molecular weight excluding hydrogens is 192 g/mol. The smallest absolute Gasteiger partial charge is 0.254 e. The molecule has 78 valence electrons. The number of nitrogens with two attached hydrogens (primary N) is 1. The van der Waals surface area contributed by atoms with E-state index in [1.165, 1.54) is 7.11 Å². The number of nitrogens with one attached hydrogen (secondary N) is 1. The SMILES string of the molecule is C#CCNC(=O)c1cc(OC)ccc1N. The molecule has 0 saturated carbocycles. The molecule has 0 aliphatic heterocycles. The Bertz CT molecular complexity index is 408. The van der Waals surface area contributed by atoms with Gasteiger partial charge in [0.15, 0.2) is 0 Å². The van der Waals surface area contributed by atoms with Crippen molar-refractivity contribution in [1.82, 2.24) is 5.32 Å². The maximum absolute atomic E-state index is 11.6. The van der Waals surface area contributed by atoms with Crippen LogP contribution in [0.4, 0.5) is 5.69 Å². The number of rotatable bonds is 3. The van der Waals surface area contributed by atoms with Crippen molar-refractivity contribution in [3.8, 4) is 18.1 Å². The third kappa shape index (κ3) is 2.64. The first-order valence-corrected chi connectivity index (χ1v) is 4.34. The number of amides is 1. The fourth-order valence-corrected chi connectivity index (χ4v) is 1.09. The van der Waals surface area contributed by atoms with Gasteiger partial charge in [0.05, 0.1) is 19.2 Å². The van der Waals surface area contributed by atoms with E-state index in [0.717, 1.165) is 0 Å². The van der Waals surface area contributed by atoms with Gasteiger partial charge in [-0.1, -0.05) is 5.92 Å². The molecule has 0 aliphatic rings. The molecule has 1 amide bonds. The largest absolute Gasteiger partial charge is 0.497 e. The summed E-state index contributed by atoms with van der Waals surface area (Å²) in [7, 11) is 1.52. The summed E-state index contributed by atoms with van der Waals surface area (Å²) in [4.78, 5) is 11.6. The number of anilines is 1. The second-order valence-corrected chi connectivity index (χ2v) is 2.84. The van der Waals surface area contributed by atoms with Crippen LogP contribution in [0, 0.1) is 12.3 Å². The van der Waals surface area contributed by atoms with Crippen molar-refractivity contribution in [3.05, 3.63) is 23.8 Å². The van der Waals surface area contributed by atoms with E-state index in [4.69, 9.17) is 16.9 Å². The number of ether oxygens (including phenoxy) is 1. The second-order valence-electron chi connectivity index (χ2n) is 2.84. The van der Waals surface area contributed by atoms with Crippen LogP contribution in [0.25, 0.3) is 0 Å². The minimum Gasteiger partial charge on any atom is -0.497 e. The zero-order valence-electron chi connectivity index (χ0n) is 8.41. The summed E-state index contributed by atoms with van der Waals surface area (Å²) in [6.45, 7) is 0.176. The highest BCUT2D eigenvalue weighted by molar-refractivity contribution is 5.99. The third-order valence-electron chi connectivity index (χ3n) is 1.86. The molecule has 1 aromatic rings. The van der Waals surface area contributed by atoms with Crippen LogP contribution in [0.15, 0.2) is 18.2 Å². The zero-order chi connectivity index (χ0) is 11.3. The average molecular weight is 204 g/mol. The summed E-state index contributed by atoms with van der Waals surface area (Å²) in [5, 5.41) is 2.53. The Balaban J connectivity index is 2.92. The molecule has 0 fully saturated rings. The lowest BCUT2D eigenvalue weighted by Crippen LogP contribution is -2.24. The van der Waals surface area contributed by atoms with Crippen LogP contribution in [0.2, 0.25) is 0 Å². The minimum atomic E-state index is -0.302. The third-order valence-corrected chi connectivity index (χ3v) is 1.86. The lowest BCUT2D eigenvalue weighted by molar-refractivity contribution is 0.0959. The summed E-state index contributed by atoms with van der Waals surface area (Å²) in [5.74, 6) is 2.59. The van der Waals surface area contributed by atoms with E-state index in [2.05, 4.69) is 11.2 Å². The Labute approximate surface area is 88.4 Å². The van der Waals surface area contributed by atoms with E-state index in [0.29, 0.717) is 17.0 Å². The number of methoxy groups -OCH3 is 1. The molecule has 1 rings (SSSR count). The maximum atomic E-state index is 11.6. The maximum Gasteiger partial charge on any atom is 0.254 e. The second kappa shape index (κ2) is 4.91. The summed E-state index contributed by atoms with van der Waals surface area (Å²) < 4.78 is 4.99. The summed E-state index contributed by atoms with van der Waals surface area (Å²) in [6.07, 6.45) is 5.03. The minimum absolute atomic E-state index is 0.176. The summed E-state index contributed by atoms with van der Waals surface area (Å²) >= 11 is 0. The lowest BCUT2D eigenvalue weighted by atomic mass is 10.1. The number of benzene rings is 1. The van der Waals surface area contributed by atoms with Gasteiger partial charge in [-0.25, -0.2) is 0 Å². The highest BCUT2D eigenvalue weighted by atomic mass is 16.5. The predicted octanol–water partition coefficient (Wildman–Crippen LogP) is 0.640. The molecule has 0 radical (unpaired) electrons. The average Bonchev–Trinajstić information content (AvgIpc) is 2.26. The van der Waals surface area contributed by atoms with E-state index >= 15 is 0 Å². The first-order chi connectivity index (χ1) is 7.19. The van der Waals surface area contributed by atoms with Gasteiger partial charge in [-0.15, -0.1) is 6.42 Å². The first kappa shape index (κ1) is 10.9. The molecule has 0 saturated heterocycles. The molecule has 15 heavy (non-hydrogen) atoms. The van der Waals surface area contributed by atoms with Gasteiger partial charge in [-0.2, -0.15) is 0 Å². The zero-order valence-corrected chi connectivity index (χ0v) is 8.41. The fraction of sp³-hybridized carbons (Fsp3) is 0.182. The van der Waals surface area contributed by atoms with E-state index in [9.17, 15) is 4.79 Å². The number of hydrogen-bond donors (Lipinski definition) is 2. The molecule has 0 aliphatic carbocycles. The van der Waals surface area contributed by atoms with Gasteiger partial charge in [0, 0.05) is 5.69 Å². The molecule has 4 nitrogen and oxygen atoms in total. The highest BCUT2D eigenvalue weighted by Crippen LogP contribution is 2.19. The number of carbonyl (C=O) groups is 1. The summed E-state index contributed by atoms with van der Waals surface area (Å²) in [5.41, 5.74) is 6.41. The van der Waals surface area contributed by atoms with E-state index in [1.54, 1.807) is 18.2 Å². The monoisotopic (exact) mass is 204 g/mol. The number of hydrogen-bond acceptors (Lipinski definition) is 3. The van der Waals surface area contributed by atoms with Crippen LogP contribution in [0.1, 0.15) is 10.4 Å². The number of terminal acetylenes is 1. The number of carbonyl (C=O) groups excluding carboxylic acids is 1. The Kier molecular flexibility index (Phi) is 3.58. The molecule has 0 aromatic heterocycles. The van der Waals surface area contributed by atoms with Crippen molar-refractivity contribution < 1.29 is 9.53 Å². The molecular formula is C11H12N2O2. The van der Waals surface area contributed by atoms with Gasteiger partial charge in [0.25, 0.3) is 5.91 Å². The van der Waals surface area contributed by atoms with Crippen LogP contribution in [-0.4, -0.2) is 19.6 Å². The Morgan fingerprint density at radius 3 is 3.00 bits per heavy atom. The van der Waals surface area contributed by atoms with E-state index in [1.807, 2.05) is 0 Å². The molecule has 0 atom stereocenters. The molecule has 0 spiro atoms.